The van der Waals surface area contributed by atoms with E-state index in [1.54, 1.807) is 24.1 Å². The first kappa shape index (κ1) is 16.0. The molecule has 1 aromatic heterocycles. The summed E-state index contributed by atoms with van der Waals surface area (Å²) in [5.41, 5.74) is -0.483. The zero-order valence-electron chi connectivity index (χ0n) is 12.9. The van der Waals surface area contributed by atoms with Crippen LogP contribution in [0.4, 0.5) is 10.6 Å². The molecule has 2 saturated heterocycles. The van der Waals surface area contributed by atoms with Gasteiger partial charge in [-0.3, -0.25) is 9.69 Å². The molecule has 0 saturated carbocycles. The minimum absolute atomic E-state index is 0.144. The molecule has 2 aliphatic rings. The lowest BCUT2D eigenvalue weighted by Crippen LogP contribution is -2.52. The molecule has 0 radical (unpaired) electrons. The van der Waals surface area contributed by atoms with Crippen LogP contribution >= 0.6 is 11.6 Å². The van der Waals surface area contributed by atoms with Crippen molar-refractivity contribution in [2.24, 2.45) is 0 Å². The maximum Gasteiger partial charge on any atom is 0.410 e. The Morgan fingerprint density at radius 1 is 1.48 bits per heavy atom. The van der Waals surface area contributed by atoms with E-state index in [4.69, 9.17) is 16.3 Å². The van der Waals surface area contributed by atoms with Crippen LogP contribution in [0.5, 0.6) is 0 Å². The number of carbonyl (C=O) groups is 2. The summed E-state index contributed by atoms with van der Waals surface area (Å²) < 4.78 is 5.53. The van der Waals surface area contributed by atoms with Gasteiger partial charge in [-0.15, -0.1) is 0 Å². The first-order valence-electron chi connectivity index (χ1n) is 7.54. The number of nitrogens with one attached hydrogen (secondary N) is 1. The van der Waals surface area contributed by atoms with Gasteiger partial charge in [0.1, 0.15) is 11.4 Å². The first-order chi connectivity index (χ1) is 11.0. The Hall–Kier alpha value is -1.86. The smallest absolute Gasteiger partial charge is 0.410 e. The average molecular weight is 339 g/mol. The molecule has 23 heavy (non-hydrogen) atoms. The van der Waals surface area contributed by atoms with E-state index in [0.717, 1.165) is 19.4 Å². The van der Waals surface area contributed by atoms with Crippen molar-refractivity contribution in [2.45, 2.75) is 18.4 Å². The quantitative estimate of drug-likeness (QED) is 0.906. The molecule has 2 fully saturated rings. The SMILES string of the molecule is CN1CC2(CCCN(CC(=O)Nc3ccc(Cl)cn3)C2)OC1=O. The average Bonchev–Trinajstić information content (AvgIpc) is 2.75. The molecule has 8 heteroatoms. The number of hydrogen-bond acceptors (Lipinski definition) is 5. The molecule has 3 rings (SSSR count). The molecule has 124 valence electrons. The number of ether oxygens (including phenoxy) is 1. The molecular weight excluding hydrogens is 320 g/mol. The van der Waals surface area contributed by atoms with Crippen molar-refractivity contribution in [1.29, 1.82) is 0 Å². The van der Waals surface area contributed by atoms with E-state index in [9.17, 15) is 9.59 Å². The van der Waals surface area contributed by atoms with Crippen molar-refractivity contribution < 1.29 is 14.3 Å². The molecule has 1 aromatic rings. The predicted octanol–water partition coefficient (Wildman–Crippen LogP) is 1.59. The van der Waals surface area contributed by atoms with Gasteiger partial charge >= 0.3 is 6.09 Å². The van der Waals surface area contributed by atoms with Gasteiger partial charge in [-0.1, -0.05) is 11.6 Å². The van der Waals surface area contributed by atoms with Crippen molar-refractivity contribution in [3.63, 3.8) is 0 Å². The molecule has 3 heterocycles. The van der Waals surface area contributed by atoms with Crippen LogP contribution in [-0.4, -0.2) is 65.6 Å². The number of carbonyl (C=O) groups excluding carboxylic acids is 2. The summed E-state index contributed by atoms with van der Waals surface area (Å²) in [6.07, 6.45) is 2.93. The molecule has 1 unspecified atom stereocenters. The van der Waals surface area contributed by atoms with Crippen molar-refractivity contribution in [1.82, 2.24) is 14.8 Å². The van der Waals surface area contributed by atoms with Crippen molar-refractivity contribution in [3.05, 3.63) is 23.4 Å². The summed E-state index contributed by atoms with van der Waals surface area (Å²) in [5, 5.41) is 3.27. The van der Waals surface area contributed by atoms with E-state index in [1.165, 1.54) is 6.20 Å². The van der Waals surface area contributed by atoms with E-state index < -0.39 is 5.60 Å². The second-order valence-electron chi connectivity index (χ2n) is 6.13. The number of anilines is 1. The number of aromatic nitrogens is 1. The molecule has 0 aliphatic carbocycles. The third-order valence-electron chi connectivity index (χ3n) is 4.12. The number of nitrogens with zero attached hydrogens (tertiary/aromatic N) is 3. The lowest BCUT2D eigenvalue weighted by Gasteiger charge is -2.37. The second-order valence-corrected chi connectivity index (χ2v) is 6.57. The summed E-state index contributed by atoms with van der Waals surface area (Å²) in [6, 6.07) is 3.33. The highest BCUT2D eigenvalue weighted by Gasteiger charge is 2.46. The van der Waals surface area contributed by atoms with Crippen molar-refractivity contribution >= 4 is 29.4 Å². The molecule has 7 nitrogen and oxygen atoms in total. The first-order valence-corrected chi connectivity index (χ1v) is 7.91. The molecule has 1 N–H and O–H groups in total. The Balaban J connectivity index is 1.56. The van der Waals surface area contributed by atoms with Gasteiger partial charge in [0.05, 0.1) is 18.1 Å². The Kier molecular flexibility index (Phi) is 4.41. The maximum atomic E-state index is 12.2. The number of hydrogen-bond donors (Lipinski definition) is 1. The van der Waals surface area contributed by atoms with Gasteiger partial charge in [0.2, 0.25) is 5.91 Å². The third kappa shape index (κ3) is 3.73. The largest absolute Gasteiger partial charge is 0.440 e. The Labute approximate surface area is 139 Å². The van der Waals surface area contributed by atoms with Crippen LogP contribution in [0.3, 0.4) is 0 Å². The fraction of sp³-hybridized carbons (Fsp3) is 0.533. The van der Waals surface area contributed by atoms with Gasteiger partial charge in [-0.05, 0) is 31.5 Å². The van der Waals surface area contributed by atoms with Crippen LogP contribution in [0, 0.1) is 0 Å². The highest BCUT2D eigenvalue weighted by molar-refractivity contribution is 6.30. The minimum Gasteiger partial charge on any atom is -0.440 e. The number of rotatable bonds is 3. The summed E-state index contributed by atoms with van der Waals surface area (Å²) in [6.45, 7) is 2.20. The standard InChI is InChI=1S/C15H19ClN4O3/c1-19-9-15(23-14(19)22)5-2-6-20(10-15)8-13(21)18-12-4-3-11(16)7-17-12/h3-4,7H,2,5-6,8-10H2,1H3,(H,17,18,21). The van der Waals surface area contributed by atoms with E-state index in [0.29, 0.717) is 23.9 Å². The van der Waals surface area contributed by atoms with Crippen LogP contribution in [0.1, 0.15) is 12.8 Å². The Morgan fingerprint density at radius 2 is 2.30 bits per heavy atom. The maximum absolute atomic E-state index is 12.2. The van der Waals surface area contributed by atoms with Crippen LogP contribution < -0.4 is 5.32 Å². The Bertz CT molecular complexity index is 609. The van der Waals surface area contributed by atoms with E-state index in [1.807, 2.05) is 4.90 Å². The normalized spacial score (nSPS) is 24.8. The topological polar surface area (TPSA) is 74.8 Å². The van der Waals surface area contributed by atoms with Gasteiger partial charge in [0.15, 0.2) is 0 Å². The highest BCUT2D eigenvalue weighted by atomic mass is 35.5. The van der Waals surface area contributed by atoms with E-state index in [2.05, 4.69) is 10.3 Å². The molecule has 1 atom stereocenters. The summed E-state index contributed by atoms with van der Waals surface area (Å²) in [4.78, 5) is 31.4. The van der Waals surface area contributed by atoms with Crippen LogP contribution in [0.15, 0.2) is 18.3 Å². The monoisotopic (exact) mass is 338 g/mol. The number of pyridine rings is 1. The van der Waals surface area contributed by atoms with Crippen LogP contribution in [0.25, 0.3) is 0 Å². The lowest BCUT2D eigenvalue weighted by molar-refractivity contribution is -0.118. The van der Waals surface area contributed by atoms with Gasteiger partial charge in [0.25, 0.3) is 0 Å². The van der Waals surface area contributed by atoms with Gasteiger partial charge in [-0.2, -0.15) is 0 Å². The molecule has 2 aliphatic heterocycles. The van der Waals surface area contributed by atoms with Gasteiger partial charge in [-0.25, -0.2) is 9.78 Å². The molecule has 1 spiro atoms. The number of halogens is 1. The number of likely N-dealkylation sites (tertiary alicyclic amines) is 1. The zero-order chi connectivity index (χ0) is 16.4. The molecule has 0 bridgehead atoms. The van der Waals surface area contributed by atoms with Crippen molar-refractivity contribution in [2.75, 3.05) is 38.5 Å². The zero-order valence-corrected chi connectivity index (χ0v) is 13.7. The van der Waals surface area contributed by atoms with E-state index >= 15 is 0 Å². The molecular formula is C15H19ClN4O3. The fourth-order valence-electron chi connectivity index (χ4n) is 3.17. The predicted molar refractivity (Wildman–Crippen MR) is 85.4 cm³/mol. The highest BCUT2D eigenvalue weighted by Crippen LogP contribution is 2.31. The summed E-state index contributed by atoms with van der Waals surface area (Å²) >= 11 is 5.77. The van der Waals surface area contributed by atoms with E-state index in [-0.39, 0.29) is 18.5 Å². The minimum atomic E-state index is -0.483. The fourth-order valence-corrected chi connectivity index (χ4v) is 3.28. The number of piperidine rings is 1. The summed E-state index contributed by atoms with van der Waals surface area (Å²) in [5.74, 6) is 0.327. The lowest BCUT2D eigenvalue weighted by atomic mass is 9.93. The van der Waals surface area contributed by atoms with Crippen LogP contribution in [-0.2, 0) is 9.53 Å². The van der Waals surface area contributed by atoms with Gasteiger partial charge in [0, 0.05) is 19.8 Å². The summed E-state index contributed by atoms with van der Waals surface area (Å²) in [7, 11) is 1.73. The van der Waals surface area contributed by atoms with Gasteiger partial charge < -0.3 is 15.0 Å². The third-order valence-corrected chi connectivity index (χ3v) is 4.34. The molecule has 0 aromatic carbocycles. The number of likely N-dealkylation sites (N-methyl/N-ethyl adjacent to an activating group) is 1. The van der Waals surface area contributed by atoms with Crippen molar-refractivity contribution in [3.8, 4) is 0 Å². The van der Waals surface area contributed by atoms with Crippen LogP contribution in [0.2, 0.25) is 5.02 Å². The molecule has 2 amide bonds. The Morgan fingerprint density at radius 3 is 2.96 bits per heavy atom. The second kappa shape index (κ2) is 6.33. The number of amides is 2.